The van der Waals surface area contributed by atoms with Gasteiger partial charge >= 0.3 is 0 Å². The van der Waals surface area contributed by atoms with Crippen LogP contribution in [0.2, 0.25) is 0 Å². The average molecular weight is 248 g/mol. The van der Waals surface area contributed by atoms with Gasteiger partial charge in [-0.15, -0.1) is 0 Å². The summed E-state index contributed by atoms with van der Waals surface area (Å²) in [6.45, 7) is 11.3. The van der Waals surface area contributed by atoms with Crippen LogP contribution in [0.5, 0.6) is 0 Å². The molecule has 0 amide bonds. The number of rotatable bonds is 9. The van der Waals surface area contributed by atoms with Gasteiger partial charge in [-0.2, -0.15) is 0 Å². The predicted molar refractivity (Wildman–Crippen MR) is 79.8 cm³/mol. The number of nitrogens with zero attached hydrogens (tertiary/aromatic N) is 1. The Morgan fingerprint density at radius 3 is 2.44 bits per heavy atom. The molecule has 0 heterocycles. The Morgan fingerprint density at radius 2 is 1.83 bits per heavy atom. The van der Waals surface area contributed by atoms with Gasteiger partial charge in [-0.1, -0.05) is 37.3 Å². The summed E-state index contributed by atoms with van der Waals surface area (Å²) in [5.41, 5.74) is 1.41. The highest BCUT2D eigenvalue weighted by molar-refractivity contribution is 5.14. The van der Waals surface area contributed by atoms with Crippen LogP contribution in [-0.2, 0) is 6.54 Å². The summed E-state index contributed by atoms with van der Waals surface area (Å²) < 4.78 is 0. The zero-order valence-electron chi connectivity index (χ0n) is 12.2. The molecule has 0 aromatic heterocycles. The number of benzene rings is 1. The molecule has 102 valence electrons. The molecule has 2 heteroatoms. The van der Waals surface area contributed by atoms with Crippen LogP contribution in [0, 0.1) is 0 Å². The first-order chi connectivity index (χ1) is 8.74. The molecule has 0 radical (unpaired) electrons. The van der Waals surface area contributed by atoms with Crippen molar-refractivity contribution in [1.82, 2.24) is 10.2 Å². The van der Waals surface area contributed by atoms with E-state index in [1.807, 2.05) is 0 Å². The molecule has 0 saturated carbocycles. The maximum atomic E-state index is 3.47. The van der Waals surface area contributed by atoms with Crippen LogP contribution < -0.4 is 5.32 Å². The van der Waals surface area contributed by atoms with Crippen molar-refractivity contribution in [2.24, 2.45) is 0 Å². The Kier molecular flexibility index (Phi) is 7.70. The standard InChI is InChI=1S/C16H28N2/c1-4-11-17-12-8-13-18(15(2)3)14-16-9-6-5-7-10-16/h5-7,9-10,15,17H,4,8,11-14H2,1-3H3. The Bertz CT molecular complexity index is 295. The number of hydrogen-bond acceptors (Lipinski definition) is 2. The third-order valence-electron chi connectivity index (χ3n) is 3.18. The maximum absolute atomic E-state index is 3.47. The molecule has 0 aliphatic heterocycles. The molecule has 0 bridgehead atoms. The molecular formula is C16H28N2. The van der Waals surface area contributed by atoms with Gasteiger partial charge in [-0.3, -0.25) is 4.90 Å². The first-order valence-electron chi connectivity index (χ1n) is 7.22. The fourth-order valence-electron chi connectivity index (χ4n) is 2.05. The van der Waals surface area contributed by atoms with Crippen molar-refractivity contribution >= 4 is 0 Å². The lowest BCUT2D eigenvalue weighted by Gasteiger charge is -2.26. The fraction of sp³-hybridized carbons (Fsp3) is 0.625. The quantitative estimate of drug-likeness (QED) is 0.675. The SMILES string of the molecule is CCCNCCCN(Cc1ccccc1)C(C)C. The summed E-state index contributed by atoms with van der Waals surface area (Å²) in [6.07, 6.45) is 2.45. The molecule has 0 unspecified atom stereocenters. The van der Waals surface area contributed by atoms with Crippen molar-refractivity contribution in [3.63, 3.8) is 0 Å². The minimum absolute atomic E-state index is 0.608. The summed E-state index contributed by atoms with van der Waals surface area (Å²) >= 11 is 0. The van der Waals surface area contributed by atoms with E-state index < -0.39 is 0 Å². The Morgan fingerprint density at radius 1 is 1.11 bits per heavy atom. The molecule has 1 aromatic rings. The van der Waals surface area contributed by atoms with Crippen molar-refractivity contribution < 1.29 is 0 Å². The average Bonchev–Trinajstić information content (AvgIpc) is 2.38. The highest BCUT2D eigenvalue weighted by Crippen LogP contribution is 2.08. The van der Waals surface area contributed by atoms with Crippen LogP contribution in [0.3, 0.4) is 0 Å². The lowest BCUT2D eigenvalue weighted by atomic mass is 10.2. The van der Waals surface area contributed by atoms with Crippen LogP contribution >= 0.6 is 0 Å². The molecule has 1 aromatic carbocycles. The summed E-state index contributed by atoms with van der Waals surface area (Å²) in [4.78, 5) is 2.54. The smallest absolute Gasteiger partial charge is 0.0236 e. The predicted octanol–water partition coefficient (Wildman–Crippen LogP) is 3.29. The molecule has 0 aliphatic carbocycles. The van der Waals surface area contributed by atoms with Crippen LogP contribution in [0.4, 0.5) is 0 Å². The molecule has 0 fully saturated rings. The molecule has 1 N–H and O–H groups in total. The molecule has 2 nitrogen and oxygen atoms in total. The van der Waals surface area contributed by atoms with Gasteiger partial charge < -0.3 is 5.32 Å². The molecule has 0 spiro atoms. The van der Waals surface area contributed by atoms with Gasteiger partial charge in [0.1, 0.15) is 0 Å². The highest BCUT2D eigenvalue weighted by atomic mass is 15.1. The third-order valence-corrected chi connectivity index (χ3v) is 3.18. The highest BCUT2D eigenvalue weighted by Gasteiger charge is 2.09. The summed E-state index contributed by atoms with van der Waals surface area (Å²) in [5, 5.41) is 3.47. The van der Waals surface area contributed by atoms with Crippen LogP contribution in [0.25, 0.3) is 0 Å². The van der Waals surface area contributed by atoms with Gasteiger partial charge in [0.25, 0.3) is 0 Å². The van der Waals surface area contributed by atoms with E-state index in [0.717, 1.165) is 19.6 Å². The monoisotopic (exact) mass is 248 g/mol. The molecule has 18 heavy (non-hydrogen) atoms. The number of hydrogen-bond donors (Lipinski definition) is 1. The van der Waals surface area contributed by atoms with Gasteiger partial charge in [-0.25, -0.2) is 0 Å². The lowest BCUT2D eigenvalue weighted by molar-refractivity contribution is 0.209. The van der Waals surface area contributed by atoms with Gasteiger partial charge in [0.15, 0.2) is 0 Å². The van der Waals surface area contributed by atoms with Gasteiger partial charge in [0, 0.05) is 12.6 Å². The third kappa shape index (κ3) is 6.18. The van der Waals surface area contributed by atoms with Gasteiger partial charge in [-0.05, 0) is 51.9 Å². The first-order valence-corrected chi connectivity index (χ1v) is 7.22. The fourth-order valence-corrected chi connectivity index (χ4v) is 2.05. The van der Waals surface area contributed by atoms with Gasteiger partial charge in [0.2, 0.25) is 0 Å². The topological polar surface area (TPSA) is 15.3 Å². The van der Waals surface area contributed by atoms with Crippen LogP contribution in [0.15, 0.2) is 30.3 Å². The molecule has 0 aliphatic rings. The maximum Gasteiger partial charge on any atom is 0.0236 e. The second-order valence-electron chi connectivity index (χ2n) is 5.15. The second-order valence-corrected chi connectivity index (χ2v) is 5.15. The Labute approximate surface area is 112 Å². The van der Waals surface area contributed by atoms with Crippen molar-refractivity contribution in [1.29, 1.82) is 0 Å². The van der Waals surface area contributed by atoms with E-state index >= 15 is 0 Å². The summed E-state index contributed by atoms with van der Waals surface area (Å²) in [7, 11) is 0. The molecule has 0 saturated heterocycles. The minimum atomic E-state index is 0.608. The van der Waals surface area contributed by atoms with E-state index in [1.54, 1.807) is 0 Å². The van der Waals surface area contributed by atoms with Gasteiger partial charge in [0.05, 0.1) is 0 Å². The van der Waals surface area contributed by atoms with Crippen molar-refractivity contribution in [2.75, 3.05) is 19.6 Å². The molecular weight excluding hydrogens is 220 g/mol. The first kappa shape index (κ1) is 15.2. The van der Waals surface area contributed by atoms with Crippen LogP contribution in [0.1, 0.15) is 39.2 Å². The van der Waals surface area contributed by atoms with E-state index in [0.29, 0.717) is 6.04 Å². The van der Waals surface area contributed by atoms with E-state index in [1.165, 1.54) is 24.9 Å². The van der Waals surface area contributed by atoms with Crippen molar-refractivity contribution in [3.05, 3.63) is 35.9 Å². The number of nitrogens with one attached hydrogen (secondary N) is 1. The molecule has 0 atom stereocenters. The molecule has 1 rings (SSSR count). The van der Waals surface area contributed by atoms with E-state index in [-0.39, 0.29) is 0 Å². The second kappa shape index (κ2) is 9.12. The van der Waals surface area contributed by atoms with Crippen LogP contribution in [-0.4, -0.2) is 30.6 Å². The summed E-state index contributed by atoms with van der Waals surface area (Å²) in [6, 6.07) is 11.4. The Balaban J connectivity index is 2.32. The normalized spacial score (nSPS) is 11.4. The largest absolute Gasteiger partial charge is 0.317 e. The summed E-state index contributed by atoms with van der Waals surface area (Å²) in [5.74, 6) is 0. The van der Waals surface area contributed by atoms with E-state index in [2.05, 4.69) is 61.3 Å². The van der Waals surface area contributed by atoms with Crippen molar-refractivity contribution in [3.8, 4) is 0 Å². The lowest BCUT2D eigenvalue weighted by Crippen LogP contribution is -2.33. The van der Waals surface area contributed by atoms with E-state index in [9.17, 15) is 0 Å². The Hall–Kier alpha value is -0.860. The zero-order chi connectivity index (χ0) is 13.2. The minimum Gasteiger partial charge on any atom is -0.317 e. The van der Waals surface area contributed by atoms with E-state index in [4.69, 9.17) is 0 Å². The zero-order valence-corrected chi connectivity index (χ0v) is 12.2. The van der Waals surface area contributed by atoms with Crippen molar-refractivity contribution in [2.45, 2.75) is 46.2 Å².